The van der Waals surface area contributed by atoms with E-state index in [-0.39, 0.29) is 17.1 Å². The summed E-state index contributed by atoms with van der Waals surface area (Å²) in [4.78, 5) is 0. The largest absolute Gasteiger partial charge is 0.504 e. The number of phenols is 1. The molecule has 0 aromatic heterocycles. The lowest BCUT2D eigenvalue weighted by Crippen LogP contribution is -2.59. The van der Waals surface area contributed by atoms with Crippen molar-refractivity contribution in [1.29, 1.82) is 0 Å². The molecule has 0 amide bonds. The molecule has 1 saturated heterocycles. The third kappa shape index (κ3) is 4.42. The molecule has 0 unspecified atom stereocenters. The van der Waals surface area contributed by atoms with Crippen molar-refractivity contribution in [2.45, 2.75) is 42.9 Å². The molecule has 2 rings (SSSR count). The molecular weight excluding hydrogens is 352 g/mol. The van der Waals surface area contributed by atoms with E-state index in [1.165, 1.54) is 25.3 Å². The first-order chi connectivity index (χ1) is 12.3. The van der Waals surface area contributed by atoms with E-state index in [2.05, 4.69) is 0 Å². The highest BCUT2D eigenvalue weighted by molar-refractivity contribution is 5.42. The van der Waals surface area contributed by atoms with Crippen molar-refractivity contribution < 1.29 is 50.0 Å². The summed E-state index contributed by atoms with van der Waals surface area (Å²) < 4.78 is 15.3. The maximum absolute atomic E-state index is 10.2. The molecule has 7 N–H and O–H groups in total. The van der Waals surface area contributed by atoms with E-state index in [9.17, 15) is 30.6 Å². The van der Waals surface area contributed by atoms with Crippen LogP contribution in [0.2, 0.25) is 0 Å². The molecule has 26 heavy (non-hydrogen) atoms. The van der Waals surface area contributed by atoms with Gasteiger partial charge in [0.1, 0.15) is 36.6 Å². The smallest absolute Gasteiger partial charge is 0.186 e. The number of aliphatic hydroxyl groups excluding tert-OH is 6. The molecule has 1 aromatic rings. The lowest BCUT2D eigenvalue weighted by atomic mass is 9.99. The summed E-state index contributed by atoms with van der Waals surface area (Å²) in [5.74, 6) is -0.0147. The van der Waals surface area contributed by atoms with E-state index in [0.29, 0.717) is 0 Å². The van der Waals surface area contributed by atoms with Gasteiger partial charge in [0.2, 0.25) is 0 Å². The molecule has 148 valence electrons. The van der Waals surface area contributed by atoms with E-state index >= 15 is 0 Å². The number of ether oxygens (including phenoxy) is 3. The molecule has 10 nitrogen and oxygen atoms in total. The minimum Gasteiger partial charge on any atom is -0.504 e. The molecular formula is C16H24O10. The number of phenolic OH excluding ortho intramolecular Hbond substituents is 1. The summed E-state index contributed by atoms with van der Waals surface area (Å²) in [6.45, 7) is -1.09. The maximum atomic E-state index is 10.2. The summed E-state index contributed by atoms with van der Waals surface area (Å²) in [5, 5.41) is 68.2. The average molecular weight is 376 g/mol. The van der Waals surface area contributed by atoms with Gasteiger partial charge >= 0.3 is 0 Å². The Balaban J connectivity index is 1.97. The van der Waals surface area contributed by atoms with E-state index < -0.39 is 56.1 Å². The van der Waals surface area contributed by atoms with Crippen molar-refractivity contribution in [3.63, 3.8) is 0 Å². The number of hydrogen-bond donors (Lipinski definition) is 7. The zero-order valence-electron chi connectivity index (χ0n) is 14.0. The van der Waals surface area contributed by atoms with E-state index in [0.717, 1.165) is 0 Å². The van der Waals surface area contributed by atoms with Crippen LogP contribution in [0.3, 0.4) is 0 Å². The van der Waals surface area contributed by atoms with Crippen molar-refractivity contribution in [2.75, 3.05) is 20.3 Å². The summed E-state index contributed by atoms with van der Waals surface area (Å²) >= 11 is 0. The molecule has 1 aromatic carbocycles. The average Bonchev–Trinajstić information content (AvgIpc) is 2.65. The van der Waals surface area contributed by atoms with Crippen LogP contribution in [0, 0.1) is 0 Å². The highest BCUT2D eigenvalue weighted by Crippen LogP contribution is 2.30. The summed E-state index contributed by atoms with van der Waals surface area (Å²) in [7, 11) is 1.34. The second kappa shape index (κ2) is 8.93. The highest BCUT2D eigenvalue weighted by Gasteiger charge is 2.44. The molecule has 1 fully saturated rings. The third-order valence-corrected chi connectivity index (χ3v) is 4.19. The van der Waals surface area contributed by atoms with Crippen LogP contribution >= 0.6 is 0 Å². The van der Waals surface area contributed by atoms with Gasteiger partial charge in [0.25, 0.3) is 0 Å². The van der Waals surface area contributed by atoms with Crippen molar-refractivity contribution >= 4 is 0 Å². The minimum absolute atomic E-state index is 0.114. The van der Waals surface area contributed by atoms with Crippen molar-refractivity contribution in [3.8, 4) is 11.5 Å². The Morgan fingerprint density at radius 1 is 1.12 bits per heavy atom. The van der Waals surface area contributed by atoms with Crippen LogP contribution in [0.15, 0.2) is 18.2 Å². The molecule has 1 aliphatic heterocycles. The predicted octanol–water partition coefficient (Wildman–Crippen LogP) is -2.39. The van der Waals surface area contributed by atoms with Gasteiger partial charge in [0, 0.05) is 0 Å². The topological polar surface area (TPSA) is 169 Å². The van der Waals surface area contributed by atoms with Crippen LogP contribution in [0.5, 0.6) is 11.5 Å². The van der Waals surface area contributed by atoms with Crippen molar-refractivity contribution in [2.24, 2.45) is 0 Å². The van der Waals surface area contributed by atoms with Crippen LogP contribution in [0.1, 0.15) is 11.7 Å². The minimum atomic E-state index is -1.61. The molecule has 0 saturated carbocycles. The Bertz CT molecular complexity index is 580. The van der Waals surface area contributed by atoms with Gasteiger partial charge in [-0.2, -0.15) is 0 Å². The molecule has 0 aliphatic carbocycles. The first-order valence-corrected chi connectivity index (χ1v) is 7.95. The van der Waals surface area contributed by atoms with Gasteiger partial charge in [-0.3, -0.25) is 0 Å². The lowest BCUT2D eigenvalue weighted by molar-refractivity contribution is -0.306. The van der Waals surface area contributed by atoms with Gasteiger partial charge in [-0.15, -0.1) is 0 Å². The SMILES string of the molecule is COc1cc([C@H](O)[C@@H](O)CO[C@@H]2O[C@H](CO)[C@@H](O)[C@H](O)[C@H]2O)ccc1O. The molecule has 0 spiro atoms. The second-order valence-electron chi connectivity index (χ2n) is 5.97. The fourth-order valence-corrected chi connectivity index (χ4v) is 2.59. The van der Waals surface area contributed by atoms with E-state index in [1.54, 1.807) is 0 Å². The second-order valence-corrected chi connectivity index (χ2v) is 5.97. The van der Waals surface area contributed by atoms with Gasteiger partial charge in [-0.25, -0.2) is 0 Å². The Kier molecular flexibility index (Phi) is 7.15. The number of hydrogen-bond acceptors (Lipinski definition) is 10. The van der Waals surface area contributed by atoms with Crippen molar-refractivity contribution in [1.82, 2.24) is 0 Å². The van der Waals surface area contributed by atoms with Crippen LogP contribution in [0.4, 0.5) is 0 Å². The number of aromatic hydroxyl groups is 1. The van der Waals surface area contributed by atoms with Crippen LogP contribution in [-0.2, 0) is 9.47 Å². The third-order valence-electron chi connectivity index (χ3n) is 4.19. The number of rotatable bonds is 7. The predicted molar refractivity (Wildman–Crippen MR) is 85.3 cm³/mol. The van der Waals surface area contributed by atoms with Crippen molar-refractivity contribution in [3.05, 3.63) is 23.8 Å². The summed E-state index contributed by atoms with van der Waals surface area (Å²) in [6, 6.07) is 4.03. The normalized spacial score (nSPS) is 31.4. The Hall–Kier alpha value is -1.50. The quantitative estimate of drug-likeness (QED) is 0.272. The summed E-state index contributed by atoms with van der Waals surface area (Å²) in [6.07, 6.45) is -10.1. The summed E-state index contributed by atoms with van der Waals surface area (Å²) in [5.41, 5.74) is 0.254. The Labute approximate surface area is 149 Å². The standard InChI is InChI=1S/C16H24O10/c1-24-10-4-7(2-3-8(10)18)12(20)9(19)6-25-16-15(23)14(22)13(21)11(5-17)26-16/h2-4,9,11-23H,5-6H2,1H3/t9-,11+,12-,13+,14-,15+,16+/m0/s1. The van der Waals surface area contributed by atoms with Crippen LogP contribution in [0.25, 0.3) is 0 Å². The van der Waals surface area contributed by atoms with Gasteiger partial charge < -0.3 is 50.0 Å². The number of methoxy groups -OCH3 is 1. The number of aliphatic hydroxyl groups is 6. The monoisotopic (exact) mass is 376 g/mol. The molecule has 0 radical (unpaired) electrons. The van der Waals surface area contributed by atoms with Gasteiger partial charge in [0.15, 0.2) is 17.8 Å². The van der Waals surface area contributed by atoms with Gasteiger partial charge in [-0.05, 0) is 17.7 Å². The molecule has 1 heterocycles. The Morgan fingerprint density at radius 3 is 2.42 bits per heavy atom. The zero-order valence-corrected chi connectivity index (χ0v) is 14.0. The molecule has 0 bridgehead atoms. The first-order valence-electron chi connectivity index (χ1n) is 7.95. The zero-order chi connectivity index (χ0) is 19.4. The van der Waals surface area contributed by atoms with E-state index in [1.807, 2.05) is 0 Å². The fourth-order valence-electron chi connectivity index (χ4n) is 2.59. The Morgan fingerprint density at radius 2 is 1.81 bits per heavy atom. The maximum Gasteiger partial charge on any atom is 0.186 e. The lowest BCUT2D eigenvalue weighted by Gasteiger charge is -2.39. The highest BCUT2D eigenvalue weighted by atomic mass is 16.7. The first kappa shape index (κ1) is 20.8. The van der Waals surface area contributed by atoms with Gasteiger partial charge in [-0.1, -0.05) is 6.07 Å². The van der Waals surface area contributed by atoms with Crippen LogP contribution < -0.4 is 4.74 Å². The fraction of sp³-hybridized carbons (Fsp3) is 0.625. The van der Waals surface area contributed by atoms with Crippen LogP contribution in [-0.4, -0.2) is 92.9 Å². The van der Waals surface area contributed by atoms with Gasteiger partial charge in [0.05, 0.1) is 20.3 Å². The molecule has 7 atom stereocenters. The van der Waals surface area contributed by atoms with E-state index in [4.69, 9.17) is 19.3 Å². The number of benzene rings is 1. The molecule has 10 heteroatoms. The molecule has 1 aliphatic rings.